The molecule has 0 radical (unpaired) electrons. The number of carbonyl (C=O) groups excluding carboxylic acids is 3. The maximum absolute atomic E-state index is 14.0. The van der Waals surface area contributed by atoms with E-state index in [0.717, 1.165) is 32.2 Å². The third-order valence-electron chi connectivity index (χ3n) is 9.00. The number of likely N-dealkylation sites (N-methyl/N-ethyl adjacent to an activating group) is 2. The van der Waals surface area contributed by atoms with Gasteiger partial charge in [0.2, 0.25) is 17.7 Å². The monoisotopic (exact) mass is 565 g/mol. The highest BCUT2D eigenvalue weighted by atomic mass is 16.4. The van der Waals surface area contributed by atoms with Gasteiger partial charge in [-0.15, -0.1) is 0 Å². The van der Waals surface area contributed by atoms with E-state index < -0.39 is 35.6 Å². The van der Waals surface area contributed by atoms with Crippen molar-refractivity contribution in [1.29, 1.82) is 0 Å². The van der Waals surface area contributed by atoms with Gasteiger partial charge >= 0.3 is 5.97 Å². The number of hydrogen-bond acceptors (Lipinski definition) is 7. The lowest BCUT2D eigenvalue weighted by Gasteiger charge is -2.41. The molecule has 3 rings (SSSR count). The lowest BCUT2D eigenvalue weighted by Crippen LogP contribution is -2.61. The van der Waals surface area contributed by atoms with Crippen molar-refractivity contribution in [2.75, 3.05) is 40.3 Å². The summed E-state index contributed by atoms with van der Waals surface area (Å²) in [5.74, 6) is -1.57. The van der Waals surface area contributed by atoms with E-state index in [1.807, 2.05) is 41.7 Å². The molecule has 0 aromatic carbocycles. The molecule has 3 amide bonds. The zero-order chi connectivity index (χ0) is 29.9. The number of aliphatic hydroxyl groups is 1. The maximum atomic E-state index is 14.0. The first-order valence-corrected chi connectivity index (χ1v) is 14.9. The van der Waals surface area contributed by atoms with Crippen LogP contribution >= 0.6 is 0 Å². The summed E-state index contributed by atoms with van der Waals surface area (Å²) >= 11 is 0. The summed E-state index contributed by atoms with van der Waals surface area (Å²) in [5, 5.41) is 22.7. The lowest BCUT2D eigenvalue weighted by atomic mass is 9.84. The third-order valence-corrected chi connectivity index (χ3v) is 9.00. The zero-order valence-electron chi connectivity index (χ0n) is 25.4. The summed E-state index contributed by atoms with van der Waals surface area (Å²) in [7, 11) is 3.72. The van der Waals surface area contributed by atoms with Crippen molar-refractivity contribution in [1.82, 2.24) is 24.9 Å². The van der Waals surface area contributed by atoms with Crippen LogP contribution < -0.4 is 5.32 Å². The SMILES string of the molecule is CC(C)[C@@H](CN1CCCC1C(=O)N1CC(O)C[C@H]1C(=O)O)N(C)C(=O)C(NC(=O)C1CCCCN1C)C(C)(C)C. The Kier molecular flexibility index (Phi) is 10.6. The van der Waals surface area contributed by atoms with Crippen molar-refractivity contribution in [3.63, 3.8) is 0 Å². The summed E-state index contributed by atoms with van der Waals surface area (Å²) in [6.45, 7) is 12.0. The Morgan fingerprint density at radius 2 is 1.65 bits per heavy atom. The Balaban J connectivity index is 1.75. The number of carboxylic acid groups (broad SMARTS) is 1. The van der Waals surface area contributed by atoms with E-state index in [1.165, 1.54) is 4.90 Å². The molecule has 0 spiro atoms. The van der Waals surface area contributed by atoms with E-state index in [-0.39, 0.29) is 48.7 Å². The largest absolute Gasteiger partial charge is 0.480 e. The molecule has 3 N–H and O–H groups in total. The van der Waals surface area contributed by atoms with Gasteiger partial charge in [0.1, 0.15) is 12.1 Å². The van der Waals surface area contributed by atoms with Gasteiger partial charge in [-0.3, -0.25) is 24.2 Å². The van der Waals surface area contributed by atoms with Gasteiger partial charge in [0.05, 0.1) is 18.2 Å². The molecule has 3 saturated heterocycles. The van der Waals surface area contributed by atoms with Crippen LogP contribution in [0.2, 0.25) is 0 Å². The summed E-state index contributed by atoms with van der Waals surface area (Å²) in [6, 6.07) is -2.68. The smallest absolute Gasteiger partial charge is 0.326 e. The Bertz CT molecular complexity index is 936. The minimum absolute atomic E-state index is 0.0231. The van der Waals surface area contributed by atoms with Crippen molar-refractivity contribution in [2.45, 2.75) is 109 Å². The number of aliphatic hydroxyl groups excluding tert-OH is 1. The molecule has 0 aromatic rings. The zero-order valence-corrected chi connectivity index (χ0v) is 25.4. The number of amides is 3. The molecule has 0 aliphatic carbocycles. The molecule has 3 aliphatic rings. The van der Waals surface area contributed by atoms with Crippen molar-refractivity contribution in [3.8, 4) is 0 Å². The van der Waals surface area contributed by atoms with Crippen LogP contribution in [0.25, 0.3) is 0 Å². The number of nitrogens with zero attached hydrogens (tertiary/aromatic N) is 4. The molecular formula is C29H51N5O6. The Morgan fingerprint density at radius 1 is 1.00 bits per heavy atom. The molecule has 0 bridgehead atoms. The first-order valence-electron chi connectivity index (χ1n) is 14.9. The molecule has 0 saturated carbocycles. The van der Waals surface area contributed by atoms with Gasteiger partial charge in [-0.1, -0.05) is 41.0 Å². The number of hydrogen-bond donors (Lipinski definition) is 3. The average Bonchev–Trinajstić information content (AvgIpc) is 3.50. The van der Waals surface area contributed by atoms with E-state index in [9.17, 15) is 29.4 Å². The van der Waals surface area contributed by atoms with Gasteiger partial charge in [0, 0.05) is 32.6 Å². The molecule has 6 atom stereocenters. The Morgan fingerprint density at radius 3 is 2.23 bits per heavy atom. The number of carboxylic acids is 1. The molecule has 3 aliphatic heterocycles. The molecule has 11 heteroatoms. The first-order chi connectivity index (χ1) is 18.6. The van der Waals surface area contributed by atoms with E-state index in [0.29, 0.717) is 19.5 Å². The molecule has 4 unspecified atom stereocenters. The fourth-order valence-corrected chi connectivity index (χ4v) is 6.49. The van der Waals surface area contributed by atoms with Crippen molar-refractivity contribution in [3.05, 3.63) is 0 Å². The number of likely N-dealkylation sites (tertiary alicyclic amines) is 3. The fraction of sp³-hybridized carbons (Fsp3) is 0.862. The molecule has 40 heavy (non-hydrogen) atoms. The van der Waals surface area contributed by atoms with E-state index >= 15 is 0 Å². The molecule has 228 valence electrons. The lowest BCUT2D eigenvalue weighted by molar-refractivity contribution is -0.150. The number of aliphatic carboxylic acids is 1. The average molecular weight is 566 g/mol. The summed E-state index contributed by atoms with van der Waals surface area (Å²) in [4.78, 5) is 59.7. The minimum atomic E-state index is -1.10. The second kappa shape index (κ2) is 13.2. The van der Waals surface area contributed by atoms with E-state index in [4.69, 9.17) is 0 Å². The Hall–Kier alpha value is -2.24. The maximum Gasteiger partial charge on any atom is 0.326 e. The second-order valence-corrected chi connectivity index (χ2v) is 13.4. The van der Waals surface area contributed by atoms with Crippen LogP contribution in [0.3, 0.4) is 0 Å². The van der Waals surface area contributed by atoms with Gasteiger partial charge in [-0.2, -0.15) is 0 Å². The molecule has 3 heterocycles. The fourth-order valence-electron chi connectivity index (χ4n) is 6.49. The van der Waals surface area contributed by atoms with Crippen LogP contribution in [0, 0.1) is 11.3 Å². The molecule has 0 aromatic heterocycles. The van der Waals surface area contributed by atoms with Gasteiger partial charge in [0.25, 0.3) is 0 Å². The van der Waals surface area contributed by atoms with Crippen LogP contribution in [0.15, 0.2) is 0 Å². The van der Waals surface area contributed by atoms with Crippen LogP contribution in [-0.2, 0) is 19.2 Å². The number of carbonyl (C=O) groups is 4. The third kappa shape index (κ3) is 7.33. The van der Waals surface area contributed by atoms with Crippen LogP contribution in [-0.4, -0.2) is 130 Å². The number of nitrogens with one attached hydrogen (secondary N) is 1. The highest BCUT2D eigenvalue weighted by Crippen LogP contribution is 2.28. The molecule has 11 nitrogen and oxygen atoms in total. The van der Waals surface area contributed by atoms with Crippen LogP contribution in [0.5, 0.6) is 0 Å². The van der Waals surface area contributed by atoms with E-state index in [2.05, 4.69) is 15.1 Å². The summed E-state index contributed by atoms with van der Waals surface area (Å²) in [6.07, 6.45) is 3.43. The normalized spacial score (nSPS) is 28.0. The van der Waals surface area contributed by atoms with Crippen LogP contribution in [0.4, 0.5) is 0 Å². The number of piperidine rings is 1. The summed E-state index contributed by atoms with van der Waals surface area (Å²) in [5.41, 5.74) is -0.510. The van der Waals surface area contributed by atoms with Gasteiger partial charge in [0.15, 0.2) is 0 Å². The van der Waals surface area contributed by atoms with Crippen molar-refractivity contribution < 1.29 is 29.4 Å². The van der Waals surface area contributed by atoms with E-state index in [1.54, 1.807) is 11.9 Å². The van der Waals surface area contributed by atoms with Crippen molar-refractivity contribution in [2.24, 2.45) is 11.3 Å². The predicted molar refractivity (Wildman–Crippen MR) is 151 cm³/mol. The van der Waals surface area contributed by atoms with Crippen LogP contribution in [0.1, 0.15) is 73.1 Å². The number of β-amino-alcohol motifs (C(OH)–C–C–N with tert-alkyl or cyclic N) is 1. The highest BCUT2D eigenvalue weighted by molar-refractivity contribution is 5.90. The van der Waals surface area contributed by atoms with Gasteiger partial charge in [-0.05, 0) is 57.2 Å². The van der Waals surface area contributed by atoms with Gasteiger partial charge in [-0.25, -0.2) is 4.79 Å². The highest BCUT2D eigenvalue weighted by Gasteiger charge is 2.45. The molecule has 3 fully saturated rings. The summed E-state index contributed by atoms with van der Waals surface area (Å²) < 4.78 is 0. The second-order valence-electron chi connectivity index (χ2n) is 13.4. The Labute approximate surface area is 239 Å². The standard InChI is InChI=1S/C29H51N5O6/c1-18(2)23(17-33-14-10-12-21(33)26(37)34-16-19(35)15-22(34)28(39)40)32(7)27(38)24(29(3,4)5)30-25(36)20-11-8-9-13-31(20)6/h18-24,35H,8-17H2,1-7H3,(H,30,36)(H,39,40)/t19?,20?,21?,22-,23+,24?/m0/s1. The van der Waals surface area contributed by atoms with Crippen molar-refractivity contribution >= 4 is 23.7 Å². The molecular weight excluding hydrogens is 514 g/mol. The van der Waals surface area contributed by atoms with Gasteiger partial charge < -0.3 is 25.3 Å². The minimum Gasteiger partial charge on any atom is -0.480 e. The topological polar surface area (TPSA) is 134 Å². The number of rotatable bonds is 9. The quantitative estimate of drug-likeness (QED) is 0.377. The predicted octanol–water partition coefficient (Wildman–Crippen LogP) is 0.995. The first kappa shape index (κ1) is 32.3.